The van der Waals surface area contributed by atoms with Crippen molar-refractivity contribution >= 4 is 11.9 Å². The van der Waals surface area contributed by atoms with E-state index in [0.717, 1.165) is 11.3 Å². The summed E-state index contributed by atoms with van der Waals surface area (Å²) >= 11 is 1.30. The Morgan fingerprint density at radius 2 is 2.00 bits per heavy atom. The van der Waals surface area contributed by atoms with E-state index < -0.39 is 0 Å². The Morgan fingerprint density at radius 3 is 2.50 bits per heavy atom. The van der Waals surface area contributed by atoms with Crippen LogP contribution < -0.4 is 5.14 Å². The first-order valence-corrected chi connectivity index (χ1v) is 5.20. The summed E-state index contributed by atoms with van der Waals surface area (Å²) in [6.07, 6.45) is 1.08. The van der Waals surface area contributed by atoms with Crippen LogP contribution >= 0.6 is 11.9 Å². The molecule has 0 aliphatic rings. The molecule has 0 saturated heterocycles. The van der Waals surface area contributed by atoms with Gasteiger partial charge >= 0.3 is 0 Å². The van der Waals surface area contributed by atoms with Gasteiger partial charge in [-0.3, -0.25) is 5.14 Å². The summed E-state index contributed by atoms with van der Waals surface area (Å²) in [5.74, 6) is 0. The van der Waals surface area contributed by atoms with Crippen LogP contribution in [0.2, 0.25) is 0 Å². The predicted molar refractivity (Wildman–Crippen MR) is 57.2 cm³/mol. The van der Waals surface area contributed by atoms with Crippen LogP contribution in [0.25, 0.3) is 0 Å². The van der Waals surface area contributed by atoms with E-state index in [-0.39, 0.29) is 0 Å². The molecule has 2 N–H and O–H groups in total. The van der Waals surface area contributed by atoms with E-state index in [0.29, 0.717) is 0 Å². The second kappa shape index (κ2) is 7.19. The third kappa shape index (κ3) is 3.79. The van der Waals surface area contributed by atoms with Crippen molar-refractivity contribution in [2.24, 2.45) is 5.14 Å². The van der Waals surface area contributed by atoms with Gasteiger partial charge in [-0.2, -0.15) is 0 Å². The molecule has 0 unspecified atom stereocenters. The average molecular weight is 183 g/mol. The number of benzene rings is 1. The molecule has 0 bridgehead atoms. The molecule has 1 aromatic carbocycles. The molecular weight excluding hydrogens is 166 g/mol. The van der Waals surface area contributed by atoms with Gasteiger partial charge in [0.1, 0.15) is 0 Å². The highest BCUT2D eigenvalue weighted by Crippen LogP contribution is 2.13. The lowest BCUT2D eigenvalue weighted by Gasteiger charge is -1.97. The Morgan fingerprint density at radius 1 is 1.33 bits per heavy atom. The smallest absolute Gasteiger partial charge is 0.0228 e. The number of aryl methyl sites for hydroxylation is 1. The van der Waals surface area contributed by atoms with Crippen molar-refractivity contribution in [3.63, 3.8) is 0 Å². The number of nitrogens with two attached hydrogens (primary N) is 1. The fourth-order valence-corrected chi connectivity index (χ4v) is 1.22. The summed E-state index contributed by atoms with van der Waals surface area (Å²) in [6.45, 7) is 6.14. The summed E-state index contributed by atoms with van der Waals surface area (Å²) in [5, 5.41) is 5.39. The molecular formula is C10H17NS. The van der Waals surface area contributed by atoms with Gasteiger partial charge in [0.25, 0.3) is 0 Å². The Labute approximate surface area is 79.5 Å². The minimum Gasteiger partial charge on any atom is -0.274 e. The molecule has 0 spiro atoms. The van der Waals surface area contributed by atoms with E-state index in [1.165, 1.54) is 17.5 Å². The normalized spacial score (nSPS) is 8.67. The fraction of sp³-hybridized carbons (Fsp3) is 0.400. The van der Waals surface area contributed by atoms with Gasteiger partial charge in [-0.25, -0.2) is 0 Å². The molecule has 0 aliphatic heterocycles. The first-order chi connectivity index (χ1) is 5.86. The predicted octanol–water partition coefficient (Wildman–Crippen LogP) is 3.24. The summed E-state index contributed by atoms with van der Waals surface area (Å²) in [4.78, 5) is 1.14. The van der Waals surface area contributed by atoms with Gasteiger partial charge in [0, 0.05) is 4.90 Å². The maximum Gasteiger partial charge on any atom is 0.0228 e. The topological polar surface area (TPSA) is 26.0 Å². The lowest BCUT2D eigenvalue weighted by atomic mass is 10.2. The Balaban J connectivity index is 0.000000561. The lowest BCUT2D eigenvalue weighted by molar-refractivity contribution is 1.12. The van der Waals surface area contributed by atoms with Crippen LogP contribution in [-0.2, 0) is 6.42 Å². The van der Waals surface area contributed by atoms with Gasteiger partial charge in [-0.1, -0.05) is 32.9 Å². The number of hydrogen-bond donors (Lipinski definition) is 1. The van der Waals surface area contributed by atoms with Crippen molar-refractivity contribution in [2.75, 3.05) is 0 Å². The molecule has 0 heterocycles. The summed E-state index contributed by atoms with van der Waals surface area (Å²) in [7, 11) is 0. The molecule has 0 amide bonds. The van der Waals surface area contributed by atoms with Gasteiger partial charge in [-0.15, -0.1) is 0 Å². The van der Waals surface area contributed by atoms with Crippen LogP contribution in [-0.4, -0.2) is 0 Å². The zero-order valence-corrected chi connectivity index (χ0v) is 8.82. The first-order valence-electron chi connectivity index (χ1n) is 4.32. The second-order valence-electron chi connectivity index (χ2n) is 2.12. The van der Waals surface area contributed by atoms with Gasteiger partial charge in [-0.05, 0) is 36.1 Å². The third-order valence-corrected chi connectivity index (χ3v) is 1.97. The van der Waals surface area contributed by atoms with E-state index in [4.69, 9.17) is 5.14 Å². The number of hydrogen-bond acceptors (Lipinski definition) is 2. The van der Waals surface area contributed by atoms with Crippen LogP contribution in [0.1, 0.15) is 26.3 Å². The SMILES string of the molecule is CC.CCc1cccc(SN)c1. The van der Waals surface area contributed by atoms with E-state index in [1.54, 1.807) is 0 Å². The average Bonchev–Trinajstić information content (AvgIpc) is 2.21. The van der Waals surface area contributed by atoms with Gasteiger partial charge in [0.05, 0.1) is 0 Å². The third-order valence-electron chi connectivity index (χ3n) is 1.44. The molecule has 1 nitrogen and oxygen atoms in total. The summed E-state index contributed by atoms with van der Waals surface area (Å²) in [6, 6.07) is 8.28. The second-order valence-corrected chi connectivity index (χ2v) is 2.83. The maximum atomic E-state index is 5.39. The Hall–Kier alpha value is -0.470. The van der Waals surface area contributed by atoms with E-state index in [1.807, 2.05) is 26.0 Å². The molecule has 0 aromatic heterocycles. The minimum absolute atomic E-state index is 1.08. The molecule has 0 fully saturated rings. The molecule has 68 valence electrons. The van der Waals surface area contributed by atoms with Crippen molar-refractivity contribution in [2.45, 2.75) is 32.1 Å². The fourth-order valence-electron chi connectivity index (χ4n) is 0.839. The Kier molecular flexibility index (Phi) is 6.91. The molecule has 1 aromatic rings. The van der Waals surface area contributed by atoms with Gasteiger partial charge < -0.3 is 0 Å². The van der Waals surface area contributed by atoms with Crippen LogP contribution in [0.5, 0.6) is 0 Å². The van der Waals surface area contributed by atoms with Crippen LogP contribution in [0.4, 0.5) is 0 Å². The van der Waals surface area contributed by atoms with Gasteiger partial charge in [0.2, 0.25) is 0 Å². The zero-order chi connectivity index (χ0) is 9.40. The van der Waals surface area contributed by atoms with Crippen molar-refractivity contribution < 1.29 is 0 Å². The van der Waals surface area contributed by atoms with Crippen molar-refractivity contribution in [1.29, 1.82) is 0 Å². The maximum absolute atomic E-state index is 5.39. The molecule has 2 heteroatoms. The van der Waals surface area contributed by atoms with Gasteiger partial charge in [0.15, 0.2) is 0 Å². The van der Waals surface area contributed by atoms with Crippen molar-refractivity contribution in [3.05, 3.63) is 29.8 Å². The summed E-state index contributed by atoms with van der Waals surface area (Å²) < 4.78 is 0. The van der Waals surface area contributed by atoms with Crippen LogP contribution in [0.15, 0.2) is 29.2 Å². The van der Waals surface area contributed by atoms with Crippen molar-refractivity contribution in [1.82, 2.24) is 0 Å². The first kappa shape index (κ1) is 11.5. The monoisotopic (exact) mass is 183 g/mol. The standard InChI is InChI=1S/C8H11NS.C2H6/c1-2-7-4-3-5-8(6-7)10-9;1-2/h3-6H,2,9H2,1H3;1-2H3. The quantitative estimate of drug-likeness (QED) is 0.712. The van der Waals surface area contributed by atoms with E-state index in [9.17, 15) is 0 Å². The molecule has 0 atom stereocenters. The van der Waals surface area contributed by atoms with Crippen molar-refractivity contribution in [3.8, 4) is 0 Å². The lowest BCUT2D eigenvalue weighted by Crippen LogP contribution is -1.82. The minimum atomic E-state index is 1.08. The largest absolute Gasteiger partial charge is 0.274 e. The van der Waals surface area contributed by atoms with Crippen LogP contribution in [0.3, 0.4) is 0 Å². The Bertz CT molecular complexity index is 191. The molecule has 12 heavy (non-hydrogen) atoms. The van der Waals surface area contributed by atoms with E-state index >= 15 is 0 Å². The molecule has 0 radical (unpaired) electrons. The molecule has 0 aliphatic carbocycles. The zero-order valence-electron chi connectivity index (χ0n) is 8.00. The molecule has 1 rings (SSSR count). The van der Waals surface area contributed by atoms with Crippen LogP contribution in [0, 0.1) is 0 Å². The molecule has 0 saturated carbocycles. The number of rotatable bonds is 2. The summed E-state index contributed by atoms with van der Waals surface area (Å²) in [5.41, 5.74) is 1.34. The van der Waals surface area contributed by atoms with E-state index in [2.05, 4.69) is 19.1 Å². The highest BCUT2D eigenvalue weighted by atomic mass is 32.2. The highest BCUT2D eigenvalue weighted by molar-refractivity contribution is 7.97. The highest BCUT2D eigenvalue weighted by Gasteiger charge is 1.90.